The second-order valence-corrected chi connectivity index (χ2v) is 4.01. The van der Waals surface area contributed by atoms with E-state index in [-0.39, 0.29) is 30.2 Å². The van der Waals surface area contributed by atoms with Gasteiger partial charge in [-0.25, -0.2) is 4.39 Å². The molecule has 98 valence electrons. The minimum absolute atomic E-state index is 0.0590. The van der Waals surface area contributed by atoms with Crippen LogP contribution >= 0.6 is 0 Å². The molecule has 3 N–H and O–H groups in total. The van der Waals surface area contributed by atoms with Gasteiger partial charge in [0.1, 0.15) is 5.82 Å². The lowest BCUT2D eigenvalue weighted by Crippen LogP contribution is -2.24. The van der Waals surface area contributed by atoms with Gasteiger partial charge in [-0.1, -0.05) is 6.92 Å². The zero-order valence-electron chi connectivity index (χ0n) is 10.3. The van der Waals surface area contributed by atoms with Crippen LogP contribution in [0.2, 0.25) is 0 Å². The van der Waals surface area contributed by atoms with Crippen LogP contribution in [0.25, 0.3) is 0 Å². The Kier molecular flexibility index (Phi) is 5.30. The van der Waals surface area contributed by atoms with Gasteiger partial charge in [0.2, 0.25) is 5.91 Å². The molecule has 1 aromatic carbocycles. The van der Waals surface area contributed by atoms with E-state index in [1.807, 2.05) is 6.92 Å². The van der Waals surface area contributed by atoms with Crippen LogP contribution < -0.4 is 11.1 Å². The smallest absolute Gasteiger partial charge is 0.220 e. The van der Waals surface area contributed by atoms with Gasteiger partial charge in [0, 0.05) is 24.9 Å². The Morgan fingerprint density at radius 1 is 1.33 bits per heavy atom. The number of amides is 1. The van der Waals surface area contributed by atoms with E-state index in [9.17, 15) is 14.0 Å². The number of rotatable bonds is 6. The van der Waals surface area contributed by atoms with Crippen molar-refractivity contribution in [3.05, 3.63) is 29.6 Å². The van der Waals surface area contributed by atoms with E-state index in [1.54, 1.807) is 0 Å². The highest BCUT2D eigenvalue weighted by molar-refractivity contribution is 5.98. The molecule has 0 fully saturated rings. The number of ketones is 1. The summed E-state index contributed by atoms with van der Waals surface area (Å²) in [5.41, 5.74) is 5.65. The number of benzene rings is 1. The summed E-state index contributed by atoms with van der Waals surface area (Å²) in [6.07, 6.45) is 1.09. The molecule has 18 heavy (non-hydrogen) atoms. The third-order valence-electron chi connectivity index (χ3n) is 2.47. The van der Waals surface area contributed by atoms with Crippen molar-refractivity contribution in [2.45, 2.75) is 26.2 Å². The molecule has 0 aliphatic rings. The number of nitrogens with two attached hydrogens (primary N) is 1. The molecular formula is C13H17FN2O2. The summed E-state index contributed by atoms with van der Waals surface area (Å²) in [6, 6.07) is 3.82. The number of carbonyl (C=O) groups excluding carboxylic acids is 2. The fourth-order valence-corrected chi connectivity index (χ4v) is 1.44. The lowest BCUT2D eigenvalue weighted by atomic mass is 10.1. The lowest BCUT2D eigenvalue weighted by molar-refractivity contribution is -0.121. The molecule has 0 aliphatic carbocycles. The third kappa shape index (κ3) is 4.16. The SMILES string of the molecule is CCCNC(=O)CCC(=O)c1ccc(F)c(N)c1. The van der Waals surface area contributed by atoms with Gasteiger partial charge in [-0.15, -0.1) is 0 Å². The molecule has 0 spiro atoms. The number of anilines is 1. The summed E-state index contributed by atoms with van der Waals surface area (Å²) in [4.78, 5) is 23.0. The van der Waals surface area contributed by atoms with Crippen LogP contribution in [0.3, 0.4) is 0 Å². The van der Waals surface area contributed by atoms with E-state index in [4.69, 9.17) is 5.73 Å². The minimum atomic E-state index is -0.549. The van der Waals surface area contributed by atoms with E-state index in [2.05, 4.69) is 5.32 Å². The number of hydrogen-bond acceptors (Lipinski definition) is 3. The Balaban J connectivity index is 2.50. The fraction of sp³-hybridized carbons (Fsp3) is 0.385. The Morgan fingerprint density at radius 2 is 2.06 bits per heavy atom. The molecule has 1 rings (SSSR count). The number of hydrogen-bond donors (Lipinski definition) is 2. The van der Waals surface area contributed by atoms with Crippen molar-refractivity contribution >= 4 is 17.4 Å². The predicted molar refractivity (Wildman–Crippen MR) is 67.7 cm³/mol. The molecule has 0 saturated heterocycles. The summed E-state index contributed by atoms with van der Waals surface area (Å²) >= 11 is 0. The van der Waals surface area contributed by atoms with Gasteiger partial charge in [0.15, 0.2) is 5.78 Å². The van der Waals surface area contributed by atoms with Gasteiger partial charge in [-0.2, -0.15) is 0 Å². The van der Waals surface area contributed by atoms with Crippen LogP contribution in [0.4, 0.5) is 10.1 Å². The molecule has 0 heterocycles. The van der Waals surface area contributed by atoms with E-state index in [1.165, 1.54) is 12.1 Å². The molecular weight excluding hydrogens is 235 g/mol. The zero-order valence-corrected chi connectivity index (χ0v) is 10.3. The third-order valence-corrected chi connectivity index (χ3v) is 2.47. The van der Waals surface area contributed by atoms with Crippen molar-refractivity contribution < 1.29 is 14.0 Å². The standard InChI is InChI=1S/C13H17FN2O2/c1-2-7-16-13(18)6-5-12(17)9-3-4-10(14)11(15)8-9/h3-4,8H,2,5-7,15H2,1H3,(H,16,18). The monoisotopic (exact) mass is 252 g/mol. The molecule has 4 nitrogen and oxygen atoms in total. The summed E-state index contributed by atoms with van der Waals surface area (Å²) < 4.78 is 12.9. The van der Waals surface area contributed by atoms with Crippen LogP contribution in [-0.2, 0) is 4.79 Å². The molecule has 0 aliphatic heterocycles. The molecule has 0 bridgehead atoms. The molecule has 0 atom stereocenters. The number of nitrogen functional groups attached to an aromatic ring is 1. The predicted octanol–water partition coefficient (Wildman–Crippen LogP) is 1.90. The first kappa shape index (κ1) is 14.2. The van der Waals surface area contributed by atoms with Crippen molar-refractivity contribution in [3.63, 3.8) is 0 Å². The highest BCUT2D eigenvalue weighted by Gasteiger charge is 2.10. The Bertz CT molecular complexity index is 447. The first-order chi connectivity index (χ1) is 8.54. The summed E-state index contributed by atoms with van der Waals surface area (Å²) in [6.45, 7) is 2.56. The van der Waals surface area contributed by atoms with Gasteiger partial charge < -0.3 is 11.1 Å². The maximum absolute atomic E-state index is 12.9. The summed E-state index contributed by atoms with van der Waals surface area (Å²) in [5, 5.41) is 2.68. The molecule has 0 unspecified atom stereocenters. The molecule has 0 saturated carbocycles. The van der Waals surface area contributed by atoms with Gasteiger partial charge in [0.05, 0.1) is 5.69 Å². The molecule has 1 aromatic rings. The Hall–Kier alpha value is -1.91. The van der Waals surface area contributed by atoms with E-state index in [0.29, 0.717) is 12.1 Å². The van der Waals surface area contributed by atoms with E-state index in [0.717, 1.165) is 12.5 Å². The van der Waals surface area contributed by atoms with Crippen molar-refractivity contribution in [2.75, 3.05) is 12.3 Å². The maximum Gasteiger partial charge on any atom is 0.220 e. The topological polar surface area (TPSA) is 72.2 Å². The Morgan fingerprint density at radius 3 is 2.67 bits per heavy atom. The van der Waals surface area contributed by atoms with Crippen molar-refractivity contribution in [2.24, 2.45) is 0 Å². The number of halogens is 1. The Labute approximate surface area is 105 Å². The van der Waals surface area contributed by atoms with Gasteiger partial charge >= 0.3 is 0 Å². The van der Waals surface area contributed by atoms with Crippen LogP contribution in [0.15, 0.2) is 18.2 Å². The summed E-state index contributed by atoms with van der Waals surface area (Å²) in [5.74, 6) is -0.916. The average molecular weight is 252 g/mol. The van der Waals surface area contributed by atoms with Crippen molar-refractivity contribution in [1.82, 2.24) is 5.32 Å². The number of nitrogens with one attached hydrogen (secondary N) is 1. The quantitative estimate of drug-likeness (QED) is 0.600. The molecule has 5 heteroatoms. The maximum atomic E-state index is 12.9. The van der Waals surface area contributed by atoms with Crippen LogP contribution in [0.5, 0.6) is 0 Å². The van der Waals surface area contributed by atoms with Gasteiger partial charge in [-0.3, -0.25) is 9.59 Å². The van der Waals surface area contributed by atoms with Crippen LogP contribution in [-0.4, -0.2) is 18.2 Å². The molecule has 1 amide bonds. The molecule has 0 aromatic heterocycles. The number of Topliss-reactive ketones (excluding diaryl/α,β-unsaturated/α-hetero) is 1. The van der Waals surface area contributed by atoms with Gasteiger partial charge in [-0.05, 0) is 24.6 Å². The van der Waals surface area contributed by atoms with E-state index < -0.39 is 5.82 Å². The average Bonchev–Trinajstić information content (AvgIpc) is 2.36. The highest BCUT2D eigenvalue weighted by Crippen LogP contribution is 2.14. The van der Waals surface area contributed by atoms with Gasteiger partial charge in [0.25, 0.3) is 0 Å². The second kappa shape index (κ2) is 6.74. The van der Waals surface area contributed by atoms with Crippen molar-refractivity contribution in [1.29, 1.82) is 0 Å². The zero-order chi connectivity index (χ0) is 13.5. The first-order valence-corrected chi connectivity index (χ1v) is 5.89. The largest absolute Gasteiger partial charge is 0.396 e. The lowest BCUT2D eigenvalue weighted by Gasteiger charge is -2.04. The van der Waals surface area contributed by atoms with Crippen LogP contribution in [0.1, 0.15) is 36.5 Å². The van der Waals surface area contributed by atoms with Crippen molar-refractivity contribution in [3.8, 4) is 0 Å². The minimum Gasteiger partial charge on any atom is -0.396 e. The first-order valence-electron chi connectivity index (χ1n) is 5.89. The second-order valence-electron chi connectivity index (χ2n) is 4.01. The fourth-order valence-electron chi connectivity index (χ4n) is 1.44. The summed E-state index contributed by atoms with van der Waals surface area (Å²) in [7, 11) is 0. The normalized spacial score (nSPS) is 10.1. The molecule has 0 radical (unpaired) electrons. The highest BCUT2D eigenvalue weighted by atomic mass is 19.1. The van der Waals surface area contributed by atoms with Crippen LogP contribution in [0, 0.1) is 5.82 Å². The number of carbonyl (C=O) groups is 2. The van der Waals surface area contributed by atoms with E-state index >= 15 is 0 Å².